The van der Waals surface area contributed by atoms with E-state index in [0.717, 1.165) is 82.0 Å². The lowest BCUT2D eigenvalue weighted by Crippen LogP contribution is -2.53. The highest BCUT2D eigenvalue weighted by Crippen LogP contribution is 2.33. The number of carbonyl (C=O) groups excluding carboxylic acids is 3. The van der Waals surface area contributed by atoms with Crippen LogP contribution in [0.2, 0.25) is 0 Å². The number of benzene rings is 2. The van der Waals surface area contributed by atoms with Crippen molar-refractivity contribution < 1.29 is 32.3 Å². The molecule has 60 heavy (non-hydrogen) atoms. The van der Waals surface area contributed by atoms with Crippen molar-refractivity contribution in [1.29, 1.82) is 0 Å². The summed E-state index contributed by atoms with van der Waals surface area (Å²) in [5.74, 6) is -0.877. The average molecular weight is 830 g/mol. The first-order valence-electron chi connectivity index (χ1n) is 20.3. The van der Waals surface area contributed by atoms with E-state index in [1.165, 1.54) is 24.4 Å². The van der Waals surface area contributed by atoms with Crippen LogP contribution < -0.4 is 15.5 Å². The van der Waals surface area contributed by atoms with Gasteiger partial charge in [0.05, 0.1) is 29.2 Å². The van der Waals surface area contributed by atoms with Crippen LogP contribution >= 0.6 is 0 Å². The van der Waals surface area contributed by atoms with E-state index >= 15 is 0 Å². The number of pyridine rings is 2. The summed E-state index contributed by atoms with van der Waals surface area (Å²) in [7, 11) is 5.43. The summed E-state index contributed by atoms with van der Waals surface area (Å²) in [5.41, 5.74) is 3.30. The molecule has 2 fully saturated rings. The zero-order valence-corrected chi connectivity index (χ0v) is 34.5. The van der Waals surface area contributed by atoms with Crippen LogP contribution in [0.4, 0.5) is 29.3 Å². The van der Waals surface area contributed by atoms with E-state index in [2.05, 4.69) is 30.3 Å². The molecule has 2 aromatic carbocycles. The molecule has 13 nitrogen and oxygen atoms in total. The van der Waals surface area contributed by atoms with Gasteiger partial charge in [0.2, 0.25) is 0 Å². The fourth-order valence-corrected chi connectivity index (χ4v) is 7.34. The Labute approximate surface area is 349 Å². The van der Waals surface area contributed by atoms with Crippen molar-refractivity contribution in [2.24, 2.45) is 0 Å². The van der Waals surface area contributed by atoms with Gasteiger partial charge in [-0.3, -0.25) is 24.4 Å². The van der Waals surface area contributed by atoms with Crippen molar-refractivity contribution in [1.82, 2.24) is 34.9 Å². The Morgan fingerprint density at radius 1 is 0.850 bits per heavy atom. The second kappa shape index (κ2) is 20.6. The molecule has 6 rings (SSSR count). The number of piperazine rings is 1. The van der Waals surface area contributed by atoms with Crippen LogP contribution in [-0.2, 0) is 24.0 Å². The smallest absolute Gasteiger partial charge is 0.383 e. The minimum absolute atomic E-state index is 0.0210. The van der Waals surface area contributed by atoms with E-state index in [1.54, 1.807) is 31.2 Å². The molecule has 2 N–H and O–H groups in total. The normalized spacial score (nSPS) is 14.9. The maximum absolute atomic E-state index is 13.8. The summed E-state index contributed by atoms with van der Waals surface area (Å²) < 4.78 is 44.9. The van der Waals surface area contributed by atoms with Crippen molar-refractivity contribution in [3.63, 3.8) is 0 Å². The number of urea groups is 1. The fraction of sp³-hybridized carbons (Fsp3) is 0.432. The number of piperidine rings is 1. The second-order valence-electron chi connectivity index (χ2n) is 15.3. The van der Waals surface area contributed by atoms with Gasteiger partial charge < -0.3 is 30.1 Å². The molecule has 0 aliphatic carbocycles. The van der Waals surface area contributed by atoms with Crippen LogP contribution in [0.15, 0.2) is 79.0 Å². The Kier molecular flexibility index (Phi) is 15.1. The minimum atomic E-state index is -4.49. The summed E-state index contributed by atoms with van der Waals surface area (Å²) >= 11 is 0. The number of rotatable bonds is 15. The third kappa shape index (κ3) is 12.0. The number of ether oxygens (including phenoxy) is 1. The first-order chi connectivity index (χ1) is 28.9. The molecule has 0 saturated carbocycles. The van der Waals surface area contributed by atoms with Gasteiger partial charge in [-0.15, -0.1) is 0 Å². The van der Waals surface area contributed by atoms with E-state index in [1.807, 2.05) is 42.3 Å². The first-order valence-corrected chi connectivity index (χ1v) is 20.3. The molecule has 0 bridgehead atoms. The quantitative estimate of drug-likeness (QED) is 0.147. The van der Waals surface area contributed by atoms with Gasteiger partial charge in [0.1, 0.15) is 5.69 Å². The number of hydrogen-bond donors (Lipinski definition) is 2. The zero-order chi connectivity index (χ0) is 42.6. The summed E-state index contributed by atoms with van der Waals surface area (Å²) in [4.78, 5) is 59.5. The predicted octanol–water partition coefficient (Wildman–Crippen LogP) is 6.08. The number of amides is 4. The molecule has 0 unspecified atom stereocenters. The maximum Gasteiger partial charge on any atom is 0.416 e. The number of nitrogens with one attached hydrogen (secondary N) is 2. The molecule has 16 heteroatoms. The Balaban J connectivity index is 1.10. The number of carbonyl (C=O) groups is 3. The van der Waals surface area contributed by atoms with Gasteiger partial charge in [-0.1, -0.05) is 18.2 Å². The molecule has 4 aromatic rings. The van der Waals surface area contributed by atoms with Crippen molar-refractivity contribution in [2.75, 3.05) is 96.9 Å². The third-order valence-corrected chi connectivity index (χ3v) is 10.8. The number of hydrogen-bond acceptors (Lipinski definition) is 9. The van der Waals surface area contributed by atoms with Gasteiger partial charge in [-0.25, -0.2) is 9.78 Å². The molecule has 320 valence electrons. The Bertz CT molecular complexity index is 2090. The molecule has 2 aromatic heterocycles. The molecule has 4 amide bonds. The van der Waals surface area contributed by atoms with Gasteiger partial charge in [-0.05, 0) is 86.5 Å². The largest absolute Gasteiger partial charge is 0.416 e. The van der Waals surface area contributed by atoms with Gasteiger partial charge in [0, 0.05) is 109 Å². The first kappa shape index (κ1) is 44.0. The average Bonchev–Trinajstić information content (AvgIpc) is 3.27. The number of likely N-dealkylation sites (N-methyl/N-ethyl adjacent to an activating group) is 2. The monoisotopic (exact) mass is 829 g/mol. The number of anilines is 2. The molecule has 2 saturated heterocycles. The SMILES string of the molecule is COCCN(C)C(=O)N1CCN(CCN(C)Cc2cccc(C(=O)Nc3ccc(N4CCCCC4)cc3-c3cc(C(=O)NCc4cccc(C(F)(F)F)c4)ccn3)n2)CC1. The van der Waals surface area contributed by atoms with Crippen LogP contribution in [0, 0.1) is 0 Å². The number of nitrogens with zero attached hydrogens (tertiary/aromatic N) is 7. The van der Waals surface area contributed by atoms with Crippen LogP contribution in [0.1, 0.15) is 56.9 Å². The predicted molar refractivity (Wildman–Crippen MR) is 225 cm³/mol. The van der Waals surface area contributed by atoms with E-state index in [4.69, 9.17) is 9.72 Å². The molecule has 2 aliphatic heterocycles. The van der Waals surface area contributed by atoms with Crippen molar-refractivity contribution >= 4 is 29.2 Å². The standard InChI is InChI=1S/C44H54F3N9O4/c1-52(19-20-54-21-23-56(24-22-54)43(59)53(2)25-26-60-3)31-35-11-8-12-39(50-35)42(58)51-38-14-13-36(55-17-5-4-6-18-55)29-37(38)40-28-33(15-16-48-40)41(57)49-30-32-9-7-10-34(27-32)44(45,46)47/h7-16,27-29H,4-6,17-26,30-31H2,1-3H3,(H,49,57)(H,51,58). The third-order valence-electron chi connectivity index (χ3n) is 10.8. The lowest BCUT2D eigenvalue weighted by atomic mass is 10.0. The van der Waals surface area contributed by atoms with Gasteiger partial charge >= 0.3 is 12.2 Å². The lowest BCUT2D eigenvalue weighted by molar-refractivity contribution is -0.137. The Hall–Kier alpha value is -5.58. The number of methoxy groups -OCH3 is 1. The molecule has 0 atom stereocenters. The minimum Gasteiger partial charge on any atom is -0.383 e. The zero-order valence-electron chi connectivity index (χ0n) is 34.5. The van der Waals surface area contributed by atoms with Crippen molar-refractivity contribution in [3.05, 3.63) is 107 Å². The lowest BCUT2D eigenvalue weighted by Gasteiger charge is -2.37. The van der Waals surface area contributed by atoms with Gasteiger partial charge in [-0.2, -0.15) is 13.2 Å². The Morgan fingerprint density at radius 3 is 2.37 bits per heavy atom. The highest BCUT2D eigenvalue weighted by atomic mass is 19.4. The fourth-order valence-electron chi connectivity index (χ4n) is 7.34. The van der Waals surface area contributed by atoms with Crippen LogP contribution in [0.25, 0.3) is 11.3 Å². The van der Waals surface area contributed by atoms with Gasteiger partial charge in [0.15, 0.2) is 0 Å². The molecule has 0 radical (unpaired) electrons. The summed E-state index contributed by atoms with van der Waals surface area (Å²) in [6.45, 7) is 7.83. The molecule has 2 aliphatic rings. The number of aromatic nitrogens is 2. The highest BCUT2D eigenvalue weighted by molar-refractivity contribution is 6.05. The molecular formula is C44H54F3N9O4. The second-order valence-corrected chi connectivity index (χ2v) is 15.3. The molecule has 4 heterocycles. The molecular weight excluding hydrogens is 776 g/mol. The van der Waals surface area contributed by atoms with E-state index < -0.39 is 23.6 Å². The Morgan fingerprint density at radius 2 is 1.62 bits per heavy atom. The van der Waals surface area contributed by atoms with E-state index in [-0.39, 0.29) is 23.8 Å². The molecule has 0 spiro atoms. The number of halogens is 3. The summed E-state index contributed by atoms with van der Waals surface area (Å²) in [6, 6.07) is 19.2. The van der Waals surface area contributed by atoms with Gasteiger partial charge in [0.25, 0.3) is 11.8 Å². The summed E-state index contributed by atoms with van der Waals surface area (Å²) in [5, 5.41) is 5.75. The topological polar surface area (TPSA) is 126 Å². The van der Waals surface area contributed by atoms with Crippen molar-refractivity contribution in [2.45, 2.75) is 38.5 Å². The van der Waals surface area contributed by atoms with Crippen molar-refractivity contribution in [3.8, 4) is 11.3 Å². The van der Waals surface area contributed by atoms with Crippen LogP contribution in [-0.4, -0.2) is 134 Å². The van der Waals surface area contributed by atoms with Crippen LogP contribution in [0.5, 0.6) is 0 Å². The number of alkyl halides is 3. The summed E-state index contributed by atoms with van der Waals surface area (Å²) in [6.07, 6.45) is 0.306. The van der Waals surface area contributed by atoms with E-state index in [9.17, 15) is 27.6 Å². The highest BCUT2D eigenvalue weighted by Gasteiger charge is 2.30. The van der Waals surface area contributed by atoms with Crippen LogP contribution in [0.3, 0.4) is 0 Å². The van der Waals surface area contributed by atoms with E-state index in [0.29, 0.717) is 55.3 Å². The maximum atomic E-state index is 13.8.